The fourth-order valence-electron chi connectivity index (χ4n) is 3.87. The van der Waals surface area contributed by atoms with Gasteiger partial charge in [0.25, 0.3) is 0 Å². The molecule has 3 atom stereocenters. The van der Waals surface area contributed by atoms with E-state index in [0.29, 0.717) is 31.1 Å². The number of carbonyl (C=O) groups is 1. The highest BCUT2D eigenvalue weighted by molar-refractivity contribution is 5.96. The van der Waals surface area contributed by atoms with E-state index in [0.717, 1.165) is 18.4 Å². The zero-order valence-electron chi connectivity index (χ0n) is 16.6. The van der Waals surface area contributed by atoms with Crippen LogP contribution in [0.1, 0.15) is 31.7 Å². The Balaban J connectivity index is 1.37. The van der Waals surface area contributed by atoms with E-state index in [1.54, 1.807) is 6.07 Å². The Morgan fingerprint density at radius 3 is 2.55 bits per heavy atom. The first-order chi connectivity index (χ1) is 14.2. The number of ketones is 1. The molecule has 0 N–H and O–H groups in total. The molecular formula is C24H26O5. The highest BCUT2D eigenvalue weighted by Crippen LogP contribution is 2.36. The molecule has 29 heavy (non-hydrogen) atoms. The number of hydrogen-bond acceptors (Lipinski definition) is 5. The molecular weight excluding hydrogens is 368 g/mol. The van der Waals surface area contributed by atoms with Crippen LogP contribution in [0.15, 0.2) is 66.6 Å². The highest BCUT2D eigenvalue weighted by atomic mass is 16.5. The standard InChI is InChI=1S/C24H26O5/c1-2-26-20-10-6-7-11-21(20)29-23-16-28-22-14-18(12-13-19(22)24(23)25)27-15-17-8-4-3-5-9-17/h3-11,16,18-19,22H,2,12-15H2,1H3. The molecule has 5 heteroatoms. The van der Waals surface area contributed by atoms with Gasteiger partial charge in [0, 0.05) is 6.42 Å². The van der Waals surface area contributed by atoms with Gasteiger partial charge in [-0.25, -0.2) is 0 Å². The summed E-state index contributed by atoms with van der Waals surface area (Å²) in [4.78, 5) is 13.0. The lowest BCUT2D eigenvalue weighted by Gasteiger charge is -2.37. The van der Waals surface area contributed by atoms with Crippen LogP contribution in [0.2, 0.25) is 0 Å². The first-order valence-electron chi connectivity index (χ1n) is 10.2. The summed E-state index contributed by atoms with van der Waals surface area (Å²) in [5, 5.41) is 0. The van der Waals surface area contributed by atoms with Crippen molar-refractivity contribution in [3.05, 3.63) is 72.2 Å². The van der Waals surface area contributed by atoms with Gasteiger partial charge < -0.3 is 18.9 Å². The van der Waals surface area contributed by atoms with Crippen LogP contribution in [-0.2, 0) is 20.9 Å². The summed E-state index contributed by atoms with van der Waals surface area (Å²) in [6.07, 6.45) is 3.67. The van der Waals surface area contributed by atoms with Crippen LogP contribution in [0.25, 0.3) is 0 Å². The van der Waals surface area contributed by atoms with Crippen molar-refractivity contribution in [2.24, 2.45) is 5.92 Å². The number of fused-ring (bicyclic) bond motifs is 1. The van der Waals surface area contributed by atoms with Crippen molar-refractivity contribution >= 4 is 5.78 Å². The number of Topliss-reactive ketones (excluding diaryl/α,β-unsaturated/α-hetero) is 1. The molecule has 2 aromatic carbocycles. The van der Waals surface area contributed by atoms with E-state index in [4.69, 9.17) is 18.9 Å². The van der Waals surface area contributed by atoms with Crippen LogP contribution in [0.4, 0.5) is 0 Å². The number of allylic oxidation sites excluding steroid dienone is 1. The van der Waals surface area contributed by atoms with Crippen LogP contribution in [0, 0.1) is 5.92 Å². The second-order valence-corrected chi connectivity index (χ2v) is 7.34. The third kappa shape index (κ3) is 4.62. The van der Waals surface area contributed by atoms with Gasteiger partial charge in [-0.15, -0.1) is 0 Å². The van der Waals surface area contributed by atoms with Gasteiger partial charge in [-0.1, -0.05) is 42.5 Å². The van der Waals surface area contributed by atoms with Crippen molar-refractivity contribution in [1.82, 2.24) is 0 Å². The highest BCUT2D eigenvalue weighted by Gasteiger charge is 2.41. The Bertz CT molecular complexity index is 861. The molecule has 1 aliphatic heterocycles. The van der Waals surface area contributed by atoms with E-state index in [1.807, 2.05) is 43.3 Å². The molecule has 0 spiro atoms. The number of hydrogen-bond donors (Lipinski definition) is 0. The molecule has 5 nitrogen and oxygen atoms in total. The molecule has 0 aromatic heterocycles. The largest absolute Gasteiger partial charge is 0.493 e. The molecule has 0 bridgehead atoms. The Morgan fingerprint density at radius 2 is 1.76 bits per heavy atom. The Hall–Kier alpha value is -2.79. The predicted octanol–water partition coefficient (Wildman–Crippen LogP) is 4.66. The van der Waals surface area contributed by atoms with Crippen LogP contribution in [0.5, 0.6) is 11.5 Å². The Labute approximate surface area is 171 Å². The molecule has 2 aromatic rings. The van der Waals surface area contributed by atoms with Gasteiger partial charge in [0.1, 0.15) is 12.4 Å². The fraction of sp³-hybridized carbons (Fsp3) is 0.375. The third-order valence-electron chi connectivity index (χ3n) is 5.37. The molecule has 4 rings (SSSR count). The number of rotatable bonds is 7. The molecule has 2 aliphatic rings. The van der Waals surface area contributed by atoms with E-state index >= 15 is 0 Å². The predicted molar refractivity (Wildman–Crippen MR) is 109 cm³/mol. The molecule has 1 fully saturated rings. The second-order valence-electron chi connectivity index (χ2n) is 7.34. The summed E-state index contributed by atoms with van der Waals surface area (Å²) in [7, 11) is 0. The number of benzene rings is 2. The SMILES string of the molecule is CCOc1ccccc1OC1=COC2CC(OCc3ccccc3)CCC2C1=O. The quantitative estimate of drug-likeness (QED) is 0.684. The van der Waals surface area contributed by atoms with Gasteiger partial charge in [-0.2, -0.15) is 0 Å². The normalized spacial score (nSPS) is 23.6. The molecule has 1 aliphatic carbocycles. The summed E-state index contributed by atoms with van der Waals surface area (Å²) in [6, 6.07) is 17.5. The minimum absolute atomic E-state index is 0.00550. The van der Waals surface area contributed by atoms with E-state index in [-0.39, 0.29) is 29.7 Å². The Morgan fingerprint density at radius 1 is 1.00 bits per heavy atom. The molecule has 0 saturated heterocycles. The van der Waals surface area contributed by atoms with Gasteiger partial charge in [0.05, 0.1) is 25.2 Å². The maximum Gasteiger partial charge on any atom is 0.208 e. The van der Waals surface area contributed by atoms with E-state index in [1.165, 1.54) is 6.26 Å². The molecule has 0 amide bonds. The van der Waals surface area contributed by atoms with Crippen molar-refractivity contribution in [1.29, 1.82) is 0 Å². The van der Waals surface area contributed by atoms with Crippen molar-refractivity contribution in [3.63, 3.8) is 0 Å². The van der Waals surface area contributed by atoms with Crippen LogP contribution in [0.3, 0.4) is 0 Å². The average molecular weight is 394 g/mol. The number of para-hydroxylation sites is 2. The van der Waals surface area contributed by atoms with Crippen LogP contribution >= 0.6 is 0 Å². The monoisotopic (exact) mass is 394 g/mol. The molecule has 3 unspecified atom stereocenters. The van der Waals surface area contributed by atoms with Crippen LogP contribution < -0.4 is 9.47 Å². The van der Waals surface area contributed by atoms with Crippen molar-refractivity contribution in [2.75, 3.05) is 6.61 Å². The van der Waals surface area contributed by atoms with Crippen molar-refractivity contribution < 1.29 is 23.7 Å². The summed E-state index contributed by atoms with van der Waals surface area (Å²) < 4.78 is 23.4. The van der Waals surface area contributed by atoms with Crippen LogP contribution in [-0.4, -0.2) is 24.6 Å². The van der Waals surface area contributed by atoms with Gasteiger partial charge in [0.2, 0.25) is 11.5 Å². The van der Waals surface area contributed by atoms with Crippen molar-refractivity contribution in [3.8, 4) is 11.5 Å². The van der Waals surface area contributed by atoms with Gasteiger partial charge in [-0.05, 0) is 37.5 Å². The van der Waals surface area contributed by atoms with E-state index < -0.39 is 0 Å². The zero-order valence-corrected chi connectivity index (χ0v) is 16.6. The number of carbonyl (C=O) groups excluding carboxylic acids is 1. The zero-order chi connectivity index (χ0) is 20.1. The van der Waals surface area contributed by atoms with E-state index in [2.05, 4.69) is 12.1 Å². The molecule has 1 saturated carbocycles. The first kappa shape index (κ1) is 19.5. The Kier molecular flexibility index (Phi) is 6.15. The summed E-state index contributed by atoms with van der Waals surface area (Å²) in [5.41, 5.74) is 1.15. The summed E-state index contributed by atoms with van der Waals surface area (Å²) in [5.74, 6) is 1.18. The summed E-state index contributed by atoms with van der Waals surface area (Å²) >= 11 is 0. The van der Waals surface area contributed by atoms with Crippen molar-refractivity contribution in [2.45, 2.75) is 45.0 Å². The van der Waals surface area contributed by atoms with Gasteiger partial charge >= 0.3 is 0 Å². The maximum atomic E-state index is 13.0. The van der Waals surface area contributed by atoms with E-state index in [9.17, 15) is 4.79 Å². The lowest BCUT2D eigenvalue weighted by atomic mass is 9.80. The second kappa shape index (κ2) is 9.14. The average Bonchev–Trinajstić information content (AvgIpc) is 2.76. The maximum absolute atomic E-state index is 13.0. The van der Waals surface area contributed by atoms with Gasteiger partial charge in [-0.3, -0.25) is 4.79 Å². The lowest BCUT2D eigenvalue weighted by molar-refractivity contribution is -0.134. The smallest absolute Gasteiger partial charge is 0.208 e. The topological polar surface area (TPSA) is 54.0 Å². The fourth-order valence-corrected chi connectivity index (χ4v) is 3.87. The van der Waals surface area contributed by atoms with Gasteiger partial charge in [0.15, 0.2) is 11.5 Å². The molecule has 1 heterocycles. The lowest BCUT2D eigenvalue weighted by Crippen LogP contribution is -2.42. The summed E-state index contributed by atoms with van der Waals surface area (Å²) in [6.45, 7) is 3.02. The number of ether oxygens (including phenoxy) is 4. The molecule has 0 radical (unpaired) electrons. The minimum atomic E-state index is -0.189. The first-order valence-corrected chi connectivity index (χ1v) is 10.2. The third-order valence-corrected chi connectivity index (χ3v) is 5.37. The molecule has 152 valence electrons. The minimum Gasteiger partial charge on any atom is -0.493 e.